The molecule has 136 valence electrons. The van der Waals surface area contributed by atoms with Gasteiger partial charge in [-0.15, -0.1) is 6.58 Å². The smallest absolute Gasteiger partial charge is 0.336 e. The molecule has 0 aromatic carbocycles. The van der Waals surface area contributed by atoms with Gasteiger partial charge in [0.2, 0.25) is 0 Å². The van der Waals surface area contributed by atoms with Crippen LogP contribution >= 0.6 is 0 Å². The van der Waals surface area contributed by atoms with Crippen LogP contribution in [0.25, 0.3) is 0 Å². The Labute approximate surface area is 141 Å². The summed E-state index contributed by atoms with van der Waals surface area (Å²) in [5, 5.41) is 0. The van der Waals surface area contributed by atoms with Crippen LogP contribution in [-0.4, -0.2) is 51.7 Å². The minimum Gasteiger partial charge on any atom is -0.464 e. The van der Waals surface area contributed by atoms with Crippen LogP contribution in [0.1, 0.15) is 6.42 Å². The summed E-state index contributed by atoms with van der Waals surface area (Å²) in [6, 6.07) is 0. The number of esters is 1. The second-order valence-corrected chi connectivity index (χ2v) is 5.84. The van der Waals surface area contributed by atoms with Gasteiger partial charge in [0.1, 0.15) is 6.61 Å². The van der Waals surface area contributed by atoms with Gasteiger partial charge in [-0.3, -0.25) is 4.79 Å². The normalized spacial score (nSPS) is 21.0. The fourth-order valence-electron chi connectivity index (χ4n) is 2.37. The standard InChI is InChI=1S/C15H19N3O7/c1-2-3-12(19)23-5-4-16-13(20)17(6-10-8-24-10)15(22)18(14(16)21)7-11-9-25-11/h2,10-11H,1,3-9H2. The summed E-state index contributed by atoms with van der Waals surface area (Å²) in [4.78, 5) is 48.8. The summed E-state index contributed by atoms with van der Waals surface area (Å²) in [5.41, 5.74) is -2.16. The van der Waals surface area contributed by atoms with Gasteiger partial charge in [0.15, 0.2) is 0 Å². The van der Waals surface area contributed by atoms with E-state index in [0.717, 1.165) is 13.7 Å². The summed E-state index contributed by atoms with van der Waals surface area (Å²) in [7, 11) is 0. The molecule has 0 N–H and O–H groups in total. The second kappa shape index (κ2) is 7.19. The van der Waals surface area contributed by atoms with E-state index in [2.05, 4.69) is 6.58 Å². The van der Waals surface area contributed by atoms with Gasteiger partial charge in [0, 0.05) is 0 Å². The minimum absolute atomic E-state index is 0.0384. The lowest BCUT2D eigenvalue weighted by molar-refractivity contribution is -0.142. The Hall–Kier alpha value is -2.46. The third-order valence-electron chi connectivity index (χ3n) is 3.85. The van der Waals surface area contributed by atoms with Gasteiger partial charge < -0.3 is 14.2 Å². The summed E-state index contributed by atoms with van der Waals surface area (Å²) in [6.45, 7) is 4.23. The Bertz CT molecular complexity index is 790. The Morgan fingerprint density at radius 2 is 1.52 bits per heavy atom. The summed E-state index contributed by atoms with van der Waals surface area (Å²) < 4.78 is 17.9. The number of carbonyl (C=O) groups excluding carboxylic acids is 1. The fourth-order valence-corrected chi connectivity index (χ4v) is 2.37. The molecule has 0 aliphatic carbocycles. The Morgan fingerprint density at radius 1 is 1.04 bits per heavy atom. The van der Waals surface area contributed by atoms with Crippen molar-refractivity contribution in [3.63, 3.8) is 0 Å². The zero-order chi connectivity index (χ0) is 18.0. The van der Waals surface area contributed by atoms with E-state index in [0.29, 0.717) is 13.2 Å². The number of rotatable bonds is 9. The molecule has 10 heteroatoms. The molecular formula is C15H19N3O7. The molecule has 10 nitrogen and oxygen atoms in total. The molecule has 1 aromatic heterocycles. The molecule has 2 saturated heterocycles. The molecule has 2 fully saturated rings. The molecular weight excluding hydrogens is 334 g/mol. The van der Waals surface area contributed by atoms with Gasteiger partial charge in [-0.25, -0.2) is 28.1 Å². The van der Waals surface area contributed by atoms with Gasteiger partial charge in [0.25, 0.3) is 0 Å². The minimum atomic E-state index is -0.738. The average molecular weight is 353 g/mol. The van der Waals surface area contributed by atoms with Crippen LogP contribution in [0, 0.1) is 0 Å². The van der Waals surface area contributed by atoms with E-state index in [1.807, 2.05) is 0 Å². The zero-order valence-corrected chi connectivity index (χ0v) is 13.6. The molecule has 3 rings (SSSR count). The molecule has 2 aliphatic heterocycles. The van der Waals surface area contributed by atoms with Crippen molar-refractivity contribution in [2.45, 2.75) is 38.3 Å². The average Bonchev–Trinajstić information content (AvgIpc) is 3.47. The number of aromatic nitrogens is 3. The molecule has 0 amide bonds. The van der Waals surface area contributed by atoms with Crippen LogP contribution in [-0.2, 0) is 38.6 Å². The van der Waals surface area contributed by atoms with Crippen molar-refractivity contribution in [2.75, 3.05) is 19.8 Å². The van der Waals surface area contributed by atoms with Gasteiger partial charge >= 0.3 is 23.0 Å². The predicted molar refractivity (Wildman–Crippen MR) is 84.5 cm³/mol. The maximum Gasteiger partial charge on any atom is 0.336 e. The number of carbonyl (C=O) groups is 1. The molecule has 1 aromatic rings. The first-order valence-electron chi connectivity index (χ1n) is 7.95. The SMILES string of the molecule is C=CCC(=O)OCCn1c(=O)n(CC2CO2)c(=O)n(CC2CO2)c1=O. The molecule has 0 saturated carbocycles. The monoisotopic (exact) mass is 353 g/mol. The summed E-state index contributed by atoms with van der Waals surface area (Å²) >= 11 is 0. The van der Waals surface area contributed by atoms with Crippen molar-refractivity contribution >= 4 is 5.97 Å². The topological polar surface area (TPSA) is 117 Å². The molecule has 0 bridgehead atoms. The van der Waals surface area contributed by atoms with Crippen molar-refractivity contribution in [2.24, 2.45) is 0 Å². The van der Waals surface area contributed by atoms with E-state index in [-0.39, 0.29) is 44.9 Å². The third-order valence-corrected chi connectivity index (χ3v) is 3.85. The van der Waals surface area contributed by atoms with E-state index >= 15 is 0 Å². The first-order chi connectivity index (χ1) is 12.0. The Morgan fingerprint density at radius 3 is 1.96 bits per heavy atom. The van der Waals surface area contributed by atoms with Gasteiger partial charge in [0.05, 0.1) is 51.5 Å². The van der Waals surface area contributed by atoms with Crippen LogP contribution < -0.4 is 17.1 Å². The number of nitrogens with zero attached hydrogens (tertiary/aromatic N) is 3. The Balaban J connectivity index is 1.87. The van der Waals surface area contributed by atoms with Gasteiger partial charge in [-0.1, -0.05) is 6.08 Å². The highest BCUT2D eigenvalue weighted by Gasteiger charge is 2.29. The number of hydrogen-bond acceptors (Lipinski definition) is 7. The maximum absolute atomic E-state index is 12.5. The van der Waals surface area contributed by atoms with E-state index in [4.69, 9.17) is 14.2 Å². The lowest BCUT2D eigenvalue weighted by Crippen LogP contribution is -2.55. The van der Waals surface area contributed by atoms with Crippen LogP contribution in [0.15, 0.2) is 27.0 Å². The maximum atomic E-state index is 12.5. The second-order valence-electron chi connectivity index (χ2n) is 5.84. The fraction of sp³-hybridized carbons (Fsp3) is 0.600. The van der Waals surface area contributed by atoms with Gasteiger partial charge in [-0.2, -0.15) is 0 Å². The molecule has 0 radical (unpaired) electrons. The van der Waals surface area contributed by atoms with Crippen LogP contribution in [0.5, 0.6) is 0 Å². The molecule has 3 heterocycles. The lowest BCUT2D eigenvalue weighted by atomic mass is 10.4. The number of ether oxygens (including phenoxy) is 3. The van der Waals surface area contributed by atoms with Crippen molar-refractivity contribution < 1.29 is 19.0 Å². The van der Waals surface area contributed by atoms with E-state index in [1.165, 1.54) is 6.08 Å². The van der Waals surface area contributed by atoms with Crippen molar-refractivity contribution in [1.82, 2.24) is 13.7 Å². The largest absolute Gasteiger partial charge is 0.464 e. The number of epoxide rings is 2. The molecule has 2 atom stereocenters. The van der Waals surface area contributed by atoms with Crippen molar-refractivity contribution in [3.8, 4) is 0 Å². The predicted octanol–water partition coefficient (Wildman–Crippen LogP) is -1.91. The highest BCUT2D eigenvalue weighted by Crippen LogP contribution is 2.10. The van der Waals surface area contributed by atoms with Crippen molar-refractivity contribution in [3.05, 3.63) is 44.1 Å². The Kier molecular flexibility index (Phi) is 5.00. The van der Waals surface area contributed by atoms with E-state index < -0.39 is 23.0 Å². The molecule has 0 spiro atoms. The van der Waals surface area contributed by atoms with Crippen LogP contribution in [0.4, 0.5) is 0 Å². The first kappa shape index (κ1) is 17.4. The molecule has 2 aliphatic rings. The highest BCUT2D eigenvalue weighted by atomic mass is 16.6. The summed E-state index contributed by atoms with van der Waals surface area (Å²) in [5.74, 6) is -0.505. The zero-order valence-electron chi connectivity index (χ0n) is 13.6. The van der Waals surface area contributed by atoms with E-state index in [1.54, 1.807) is 0 Å². The van der Waals surface area contributed by atoms with E-state index in [9.17, 15) is 19.2 Å². The first-order valence-corrected chi connectivity index (χ1v) is 7.95. The van der Waals surface area contributed by atoms with Crippen LogP contribution in [0.2, 0.25) is 0 Å². The molecule has 25 heavy (non-hydrogen) atoms. The lowest BCUT2D eigenvalue weighted by Gasteiger charge is -2.13. The number of hydrogen-bond donors (Lipinski definition) is 0. The summed E-state index contributed by atoms with van der Waals surface area (Å²) in [6.07, 6.45) is 1.03. The highest BCUT2D eigenvalue weighted by molar-refractivity contribution is 5.70. The molecule has 2 unspecified atom stereocenters. The van der Waals surface area contributed by atoms with Crippen LogP contribution in [0.3, 0.4) is 0 Å². The third kappa shape index (κ3) is 4.15. The quantitative estimate of drug-likeness (QED) is 0.289. The van der Waals surface area contributed by atoms with Gasteiger partial charge in [-0.05, 0) is 0 Å². The van der Waals surface area contributed by atoms with Crippen molar-refractivity contribution in [1.29, 1.82) is 0 Å².